The Hall–Kier alpha value is -0.630. The van der Waals surface area contributed by atoms with Crippen LogP contribution in [-0.4, -0.2) is 49.0 Å². The van der Waals surface area contributed by atoms with Crippen LogP contribution in [0.15, 0.2) is 11.4 Å². The molecule has 0 radical (unpaired) electrons. The van der Waals surface area contributed by atoms with Gasteiger partial charge in [0.25, 0.3) is 10.0 Å². The third kappa shape index (κ3) is 3.94. The van der Waals surface area contributed by atoms with Crippen LogP contribution in [0.1, 0.15) is 25.7 Å². The van der Waals surface area contributed by atoms with Crippen LogP contribution in [0.5, 0.6) is 0 Å². The van der Waals surface area contributed by atoms with Crippen molar-refractivity contribution in [3.63, 3.8) is 0 Å². The Morgan fingerprint density at radius 1 is 1.30 bits per heavy atom. The van der Waals surface area contributed by atoms with Gasteiger partial charge in [-0.3, -0.25) is 0 Å². The molecule has 1 N–H and O–H groups in total. The fraction of sp³-hybridized carbons (Fsp3) is 0.750. The van der Waals surface area contributed by atoms with Crippen molar-refractivity contribution >= 4 is 21.6 Å². The zero-order chi connectivity index (χ0) is 14.6. The van der Waals surface area contributed by atoms with Gasteiger partial charge in [-0.05, 0) is 25.9 Å². The number of rotatable bonds is 5. The van der Waals surface area contributed by atoms with Gasteiger partial charge in [-0.1, -0.05) is 24.4 Å². The zero-order valence-corrected chi connectivity index (χ0v) is 13.3. The quantitative estimate of drug-likeness (QED) is 0.886. The fourth-order valence-corrected chi connectivity index (χ4v) is 3.79. The van der Waals surface area contributed by atoms with Gasteiger partial charge in [-0.15, -0.1) is 0 Å². The van der Waals surface area contributed by atoms with E-state index in [1.807, 2.05) is 0 Å². The lowest BCUT2D eigenvalue weighted by Crippen LogP contribution is -2.35. The van der Waals surface area contributed by atoms with Crippen molar-refractivity contribution in [3.05, 3.63) is 11.5 Å². The Morgan fingerprint density at radius 3 is 2.50 bits per heavy atom. The molecule has 2 heterocycles. The number of likely N-dealkylation sites (tertiary alicyclic amines) is 1. The normalized spacial score (nSPS) is 18.1. The van der Waals surface area contributed by atoms with Crippen LogP contribution in [-0.2, 0) is 17.1 Å². The van der Waals surface area contributed by atoms with E-state index in [1.54, 1.807) is 7.05 Å². The molecule has 0 aliphatic carbocycles. The second-order valence-corrected chi connectivity index (χ2v) is 7.15. The van der Waals surface area contributed by atoms with Crippen LogP contribution in [0, 0.1) is 0 Å². The highest BCUT2D eigenvalue weighted by molar-refractivity contribution is 7.89. The van der Waals surface area contributed by atoms with E-state index in [2.05, 4.69) is 14.6 Å². The predicted octanol–water partition coefficient (Wildman–Crippen LogP) is 1.23. The number of hydrogen-bond donors (Lipinski definition) is 1. The second kappa shape index (κ2) is 6.89. The Balaban J connectivity index is 1.88. The summed E-state index contributed by atoms with van der Waals surface area (Å²) in [5, 5.41) is 0.0322. The molecule has 0 atom stereocenters. The monoisotopic (exact) mass is 320 g/mol. The van der Waals surface area contributed by atoms with Crippen molar-refractivity contribution in [1.29, 1.82) is 0 Å². The number of hydrogen-bond acceptors (Lipinski definition) is 4. The molecule has 1 aromatic heterocycles. The lowest BCUT2D eigenvalue weighted by Gasteiger charge is -2.19. The van der Waals surface area contributed by atoms with E-state index in [1.165, 1.54) is 36.6 Å². The molecule has 0 bridgehead atoms. The average molecular weight is 321 g/mol. The second-order valence-electron chi connectivity index (χ2n) is 5.11. The number of nitrogens with zero attached hydrogens (tertiary/aromatic N) is 3. The highest BCUT2D eigenvalue weighted by Gasteiger charge is 2.22. The van der Waals surface area contributed by atoms with Crippen molar-refractivity contribution in [2.75, 3.05) is 26.2 Å². The van der Waals surface area contributed by atoms with E-state index < -0.39 is 10.0 Å². The summed E-state index contributed by atoms with van der Waals surface area (Å²) in [5.74, 6) is 0. The van der Waals surface area contributed by atoms with Crippen molar-refractivity contribution in [1.82, 2.24) is 19.2 Å². The van der Waals surface area contributed by atoms with E-state index in [9.17, 15) is 8.42 Å². The van der Waals surface area contributed by atoms with E-state index in [-0.39, 0.29) is 10.2 Å². The molecule has 1 saturated heterocycles. The summed E-state index contributed by atoms with van der Waals surface area (Å²) < 4.78 is 28.2. The van der Waals surface area contributed by atoms with Gasteiger partial charge in [-0.2, -0.15) is 0 Å². The van der Waals surface area contributed by atoms with Crippen molar-refractivity contribution in [3.8, 4) is 0 Å². The number of sulfonamides is 1. The molecule has 8 heteroatoms. The topological polar surface area (TPSA) is 67.2 Å². The first-order chi connectivity index (χ1) is 9.50. The van der Waals surface area contributed by atoms with Crippen molar-refractivity contribution in [2.24, 2.45) is 7.05 Å². The smallest absolute Gasteiger partial charge is 0.261 e. The Labute approximate surface area is 125 Å². The summed E-state index contributed by atoms with van der Waals surface area (Å²) in [7, 11) is -1.96. The molecule has 6 nitrogen and oxygen atoms in total. The van der Waals surface area contributed by atoms with Gasteiger partial charge >= 0.3 is 0 Å². The Morgan fingerprint density at radius 2 is 1.95 bits per heavy atom. The van der Waals surface area contributed by atoms with Gasteiger partial charge in [0.05, 0.1) is 6.33 Å². The molecular formula is C12H21ClN4O2S. The molecule has 0 aromatic carbocycles. The molecule has 0 unspecified atom stereocenters. The van der Waals surface area contributed by atoms with Gasteiger partial charge in [0.1, 0.15) is 5.15 Å². The van der Waals surface area contributed by atoms with E-state index in [0.717, 1.165) is 19.6 Å². The molecule has 20 heavy (non-hydrogen) atoms. The van der Waals surface area contributed by atoms with Gasteiger partial charge < -0.3 is 9.47 Å². The first kappa shape index (κ1) is 15.8. The van der Waals surface area contributed by atoms with Crippen molar-refractivity contribution in [2.45, 2.75) is 30.7 Å². The van der Waals surface area contributed by atoms with Gasteiger partial charge in [0, 0.05) is 20.1 Å². The zero-order valence-electron chi connectivity index (χ0n) is 11.7. The maximum absolute atomic E-state index is 12.1. The number of nitrogens with one attached hydrogen (secondary N) is 1. The minimum Gasteiger partial charge on any atom is -0.324 e. The largest absolute Gasteiger partial charge is 0.324 e. The lowest BCUT2D eigenvalue weighted by atomic mass is 10.2. The van der Waals surface area contributed by atoms with Gasteiger partial charge in [-0.25, -0.2) is 18.1 Å². The first-order valence-corrected chi connectivity index (χ1v) is 8.75. The molecule has 1 aliphatic rings. The minimum atomic E-state index is -3.62. The van der Waals surface area contributed by atoms with Gasteiger partial charge in [0.2, 0.25) is 5.03 Å². The summed E-state index contributed by atoms with van der Waals surface area (Å²) in [6, 6.07) is 0. The van der Waals surface area contributed by atoms with E-state index in [4.69, 9.17) is 11.6 Å². The number of halogens is 1. The van der Waals surface area contributed by atoms with Crippen molar-refractivity contribution < 1.29 is 8.42 Å². The van der Waals surface area contributed by atoms with Gasteiger partial charge in [0.15, 0.2) is 0 Å². The molecule has 114 valence electrons. The number of imidazole rings is 1. The minimum absolute atomic E-state index is 0.0995. The average Bonchev–Trinajstić information content (AvgIpc) is 2.63. The molecule has 0 spiro atoms. The molecular weight excluding hydrogens is 300 g/mol. The summed E-state index contributed by atoms with van der Waals surface area (Å²) in [5.41, 5.74) is 0. The molecule has 1 fully saturated rings. The third-order valence-corrected chi connectivity index (χ3v) is 5.46. The Kier molecular flexibility index (Phi) is 5.42. The van der Waals surface area contributed by atoms with Crippen LogP contribution < -0.4 is 4.72 Å². The molecule has 1 aromatic rings. The molecule has 0 amide bonds. The van der Waals surface area contributed by atoms with Crippen LogP contribution in [0.25, 0.3) is 0 Å². The predicted molar refractivity (Wildman–Crippen MR) is 78.3 cm³/mol. The summed E-state index contributed by atoms with van der Waals surface area (Å²) in [6.07, 6.45) is 6.32. The lowest BCUT2D eigenvalue weighted by molar-refractivity contribution is 0.290. The number of aryl methyl sites for hydroxylation is 1. The Bertz CT molecular complexity index is 536. The summed E-state index contributed by atoms with van der Waals surface area (Å²) in [4.78, 5) is 6.14. The number of aromatic nitrogens is 2. The van der Waals surface area contributed by atoms with Crippen LogP contribution >= 0.6 is 11.6 Å². The summed E-state index contributed by atoms with van der Waals surface area (Å²) >= 11 is 5.91. The van der Waals surface area contributed by atoms with Crippen LogP contribution in [0.2, 0.25) is 5.15 Å². The van der Waals surface area contributed by atoms with E-state index >= 15 is 0 Å². The highest BCUT2D eigenvalue weighted by atomic mass is 35.5. The maximum atomic E-state index is 12.1. The molecule has 1 aliphatic heterocycles. The molecule has 0 saturated carbocycles. The van der Waals surface area contributed by atoms with E-state index in [0.29, 0.717) is 6.54 Å². The fourth-order valence-electron chi connectivity index (χ4n) is 2.34. The summed E-state index contributed by atoms with van der Waals surface area (Å²) in [6.45, 7) is 3.21. The first-order valence-electron chi connectivity index (χ1n) is 6.89. The maximum Gasteiger partial charge on any atom is 0.261 e. The third-order valence-electron chi connectivity index (χ3n) is 3.51. The highest BCUT2D eigenvalue weighted by Crippen LogP contribution is 2.18. The van der Waals surface area contributed by atoms with Crippen LogP contribution in [0.4, 0.5) is 0 Å². The SMILES string of the molecule is Cn1cnc(S(=O)(=O)NCCN2CCCCCC2)c1Cl. The molecule has 2 rings (SSSR count). The standard InChI is InChI=1S/C12H21ClN4O2S/c1-16-10-14-12(11(16)13)20(18,19)15-6-9-17-7-4-2-3-5-8-17/h10,15H,2-9H2,1H3. The van der Waals surface area contributed by atoms with Crippen LogP contribution in [0.3, 0.4) is 0 Å².